The van der Waals surface area contributed by atoms with Gasteiger partial charge in [0.2, 0.25) is 5.91 Å². The van der Waals surface area contributed by atoms with Gasteiger partial charge in [-0.2, -0.15) is 5.10 Å². The van der Waals surface area contributed by atoms with E-state index in [9.17, 15) is 4.79 Å². The van der Waals surface area contributed by atoms with Crippen LogP contribution in [0.1, 0.15) is 24.3 Å². The number of hydrogen-bond acceptors (Lipinski definition) is 4. The van der Waals surface area contributed by atoms with E-state index < -0.39 is 0 Å². The molecule has 6 nitrogen and oxygen atoms in total. The Balaban J connectivity index is 1.30. The molecule has 0 aliphatic heterocycles. The standard InChI is InChI=1S/C24H21N5O/c30-23(27-22-8-2-1-7-20(22)17-9-10-17)16-29-14-11-21(28-29)18-5-3-6-19(15-18)24-25-12-4-13-26-24/h1-8,11-15,17H,9-10,16H2,(H,27,30). The third-order valence-electron chi connectivity index (χ3n) is 5.18. The predicted octanol–water partition coefficient (Wildman–Crippen LogP) is 4.52. The molecule has 2 heterocycles. The number of amides is 1. The molecule has 0 atom stereocenters. The van der Waals surface area contributed by atoms with E-state index in [4.69, 9.17) is 0 Å². The Morgan fingerprint density at radius 3 is 2.60 bits per heavy atom. The Hall–Kier alpha value is -3.80. The molecule has 0 spiro atoms. The van der Waals surface area contributed by atoms with Crippen LogP contribution in [0, 0.1) is 0 Å². The van der Waals surface area contributed by atoms with E-state index in [2.05, 4.69) is 26.4 Å². The summed E-state index contributed by atoms with van der Waals surface area (Å²) in [6, 6.07) is 19.7. The molecule has 148 valence electrons. The van der Waals surface area contributed by atoms with Crippen LogP contribution in [0.4, 0.5) is 5.69 Å². The predicted molar refractivity (Wildman–Crippen MR) is 116 cm³/mol. The summed E-state index contributed by atoms with van der Waals surface area (Å²) in [6.45, 7) is 0.167. The van der Waals surface area contributed by atoms with Gasteiger partial charge in [-0.25, -0.2) is 9.97 Å². The summed E-state index contributed by atoms with van der Waals surface area (Å²) in [5, 5.41) is 7.63. The van der Waals surface area contributed by atoms with Crippen LogP contribution in [0.2, 0.25) is 0 Å². The Labute approximate surface area is 174 Å². The number of para-hydroxylation sites is 1. The summed E-state index contributed by atoms with van der Waals surface area (Å²) in [5.41, 5.74) is 4.83. The van der Waals surface area contributed by atoms with Gasteiger partial charge in [-0.3, -0.25) is 9.48 Å². The van der Waals surface area contributed by atoms with Crippen molar-refractivity contribution in [3.05, 3.63) is 84.8 Å². The van der Waals surface area contributed by atoms with Gasteiger partial charge in [0.05, 0.1) is 5.69 Å². The van der Waals surface area contributed by atoms with Crippen molar-refractivity contribution in [1.82, 2.24) is 19.7 Å². The molecule has 1 amide bonds. The van der Waals surface area contributed by atoms with Crippen molar-refractivity contribution in [3.63, 3.8) is 0 Å². The smallest absolute Gasteiger partial charge is 0.246 e. The Morgan fingerprint density at radius 1 is 0.967 bits per heavy atom. The summed E-state index contributed by atoms with van der Waals surface area (Å²) < 4.78 is 1.66. The van der Waals surface area contributed by atoms with Crippen molar-refractivity contribution in [2.45, 2.75) is 25.3 Å². The van der Waals surface area contributed by atoms with Crippen LogP contribution < -0.4 is 5.32 Å². The van der Waals surface area contributed by atoms with Crippen molar-refractivity contribution in [1.29, 1.82) is 0 Å². The Kier molecular flexibility index (Phi) is 4.81. The average molecular weight is 395 g/mol. The average Bonchev–Trinajstić information content (AvgIpc) is 3.53. The molecule has 0 radical (unpaired) electrons. The summed E-state index contributed by atoms with van der Waals surface area (Å²) in [7, 11) is 0. The van der Waals surface area contributed by atoms with E-state index in [-0.39, 0.29) is 12.5 Å². The Morgan fingerprint density at radius 2 is 1.77 bits per heavy atom. The number of aromatic nitrogens is 4. The van der Waals surface area contributed by atoms with Gasteiger partial charge >= 0.3 is 0 Å². The molecular formula is C24H21N5O. The van der Waals surface area contributed by atoms with E-state index in [0.717, 1.165) is 22.5 Å². The first-order valence-electron chi connectivity index (χ1n) is 10.1. The molecule has 5 rings (SSSR count). The van der Waals surface area contributed by atoms with Crippen LogP contribution in [0.15, 0.2) is 79.3 Å². The van der Waals surface area contributed by atoms with Crippen molar-refractivity contribution >= 4 is 11.6 Å². The van der Waals surface area contributed by atoms with Gasteiger partial charge in [0.25, 0.3) is 0 Å². The quantitative estimate of drug-likeness (QED) is 0.521. The van der Waals surface area contributed by atoms with Crippen molar-refractivity contribution in [3.8, 4) is 22.6 Å². The minimum atomic E-state index is -0.0795. The second-order valence-corrected chi connectivity index (χ2v) is 7.46. The Bertz CT molecular complexity index is 1180. The highest BCUT2D eigenvalue weighted by molar-refractivity contribution is 5.91. The molecule has 0 bridgehead atoms. The largest absolute Gasteiger partial charge is 0.324 e. The second kappa shape index (κ2) is 7.91. The first-order valence-corrected chi connectivity index (χ1v) is 10.1. The van der Waals surface area contributed by atoms with Crippen molar-refractivity contribution in [2.75, 3.05) is 5.32 Å². The van der Waals surface area contributed by atoms with Gasteiger partial charge in [0.15, 0.2) is 5.82 Å². The van der Waals surface area contributed by atoms with E-state index in [1.807, 2.05) is 54.7 Å². The third-order valence-corrected chi connectivity index (χ3v) is 5.18. The number of nitrogens with one attached hydrogen (secondary N) is 1. The van der Waals surface area contributed by atoms with Gasteiger partial charge in [0, 0.05) is 35.4 Å². The molecule has 1 aliphatic rings. The summed E-state index contributed by atoms with van der Waals surface area (Å²) >= 11 is 0. The van der Waals surface area contributed by atoms with Gasteiger partial charge < -0.3 is 5.32 Å². The molecule has 0 unspecified atom stereocenters. The fourth-order valence-corrected chi connectivity index (χ4v) is 3.57. The second-order valence-electron chi connectivity index (χ2n) is 7.46. The molecule has 0 saturated heterocycles. The van der Waals surface area contributed by atoms with Crippen LogP contribution in [0.3, 0.4) is 0 Å². The van der Waals surface area contributed by atoms with Crippen LogP contribution in [-0.4, -0.2) is 25.7 Å². The lowest BCUT2D eigenvalue weighted by molar-refractivity contribution is -0.116. The van der Waals surface area contributed by atoms with Gasteiger partial charge in [-0.1, -0.05) is 36.4 Å². The lowest BCUT2D eigenvalue weighted by Crippen LogP contribution is -2.19. The highest BCUT2D eigenvalue weighted by atomic mass is 16.2. The summed E-state index contributed by atoms with van der Waals surface area (Å²) in [6.07, 6.45) is 7.67. The molecule has 2 aromatic heterocycles. The summed E-state index contributed by atoms with van der Waals surface area (Å²) in [4.78, 5) is 21.2. The van der Waals surface area contributed by atoms with Crippen LogP contribution in [-0.2, 0) is 11.3 Å². The van der Waals surface area contributed by atoms with Crippen LogP contribution >= 0.6 is 0 Å². The fourth-order valence-electron chi connectivity index (χ4n) is 3.57. The zero-order valence-electron chi connectivity index (χ0n) is 16.4. The number of hydrogen-bond donors (Lipinski definition) is 1. The minimum absolute atomic E-state index is 0.0795. The highest BCUT2D eigenvalue weighted by Gasteiger charge is 2.26. The number of anilines is 1. The van der Waals surface area contributed by atoms with Gasteiger partial charge in [-0.15, -0.1) is 0 Å². The van der Waals surface area contributed by atoms with E-state index in [0.29, 0.717) is 11.7 Å². The maximum atomic E-state index is 12.6. The van der Waals surface area contributed by atoms with Gasteiger partial charge in [-0.05, 0) is 48.6 Å². The molecule has 4 aromatic rings. The fraction of sp³-hybridized carbons (Fsp3) is 0.167. The highest BCUT2D eigenvalue weighted by Crippen LogP contribution is 2.43. The normalized spacial score (nSPS) is 13.2. The third kappa shape index (κ3) is 3.98. The zero-order chi connectivity index (χ0) is 20.3. The zero-order valence-corrected chi connectivity index (χ0v) is 16.4. The number of nitrogens with zero attached hydrogens (tertiary/aromatic N) is 4. The molecule has 1 N–H and O–H groups in total. The molecule has 30 heavy (non-hydrogen) atoms. The monoisotopic (exact) mass is 395 g/mol. The molecular weight excluding hydrogens is 374 g/mol. The molecule has 1 fully saturated rings. The molecule has 6 heteroatoms. The van der Waals surface area contributed by atoms with Crippen LogP contribution in [0.25, 0.3) is 22.6 Å². The van der Waals surface area contributed by atoms with E-state index in [1.54, 1.807) is 23.1 Å². The summed E-state index contributed by atoms with van der Waals surface area (Å²) in [5.74, 6) is 1.18. The maximum absolute atomic E-state index is 12.6. The first kappa shape index (κ1) is 18.2. The number of carbonyl (C=O) groups is 1. The topological polar surface area (TPSA) is 72.7 Å². The number of benzene rings is 2. The van der Waals surface area contributed by atoms with Crippen LogP contribution in [0.5, 0.6) is 0 Å². The maximum Gasteiger partial charge on any atom is 0.246 e. The van der Waals surface area contributed by atoms with Crippen molar-refractivity contribution < 1.29 is 4.79 Å². The van der Waals surface area contributed by atoms with E-state index >= 15 is 0 Å². The molecule has 1 saturated carbocycles. The first-order chi connectivity index (χ1) is 14.8. The molecule has 1 aliphatic carbocycles. The number of rotatable bonds is 6. The van der Waals surface area contributed by atoms with E-state index in [1.165, 1.54) is 18.4 Å². The van der Waals surface area contributed by atoms with Crippen molar-refractivity contribution in [2.24, 2.45) is 0 Å². The molecule has 2 aromatic carbocycles. The SMILES string of the molecule is O=C(Cn1ccc(-c2cccc(-c3ncccn3)c2)n1)Nc1ccccc1C1CC1. The number of carbonyl (C=O) groups excluding carboxylic acids is 1. The lowest BCUT2D eigenvalue weighted by Gasteiger charge is -2.10. The lowest BCUT2D eigenvalue weighted by atomic mass is 10.1. The minimum Gasteiger partial charge on any atom is -0.324 e. The van der Waals surface area contributed by atoms with Gasteiger partial charge in [0.1, 0.15) is 6.54 Å².